The first-order valence-corrected chi connectivity index (χ1v) is 10.1. The number of para-hydroxylation sites is 1. The molecule has 2 aromatic carbocycles. The lowest BCUT2D eigenvalue weighted by molar-refractivity contribution is -0.118. The van der Waals surface area contributed by atoms with Crippen molar-refractivity contribution in [1.82, 2.24) is 0 Å². The van der Waals surface area contributed by atoms with E-state index in [4.69, 9.17) is 4.74 Å². The van der Waals surface area contributed by atoms with Gasteiger partial charge in [0.2, 0.25) is 10.0 Å². The number of nitrogens with zero attached hydrogens (tertiary/aromatic N) is 1. The van der Waals surface area contributed by atoms with Gasteiger partial charge in [-0.1, -0.05) is 38.1 Å². The zero-order chi connectivity index (χ0) is 19.3. The van der Waals surface area contributed by atoms with Crippen LogP contribution >= 0.6 is 0 Å². The van der Waals surface area contributed by atoms with Crippen LogP contribution in [0, 0.1) is 0 Å². The summed E-state index contributed by atoms with van der Waals surface area (Å²) >= 11 is 0. The van der Waals surface area contributed by atoms with Crippen LogP contribution in [0.5, 0.6) is 5.75 Å². The van der Waals surface area contributed by atoms with Crippen LogP contribution < -0.4 is 14.4 Å². The van der Waals surface area contributed by atoms with E-state index in [1.165, 1.54) is 7.05 Å². The zero-order valence-corrected chi connectivity index (χ0v) is 16.2. The van der Waals surface area contributed by atoms with Crippen molar-refractivity contribution in [3.63, 3.8) is 0 Å². The molecule has 26 heavy (non-hydrogen) atoms. The molecule has 0 bridgehead atoms. The van der Waals surface area contributed by atoms with Crippen LogP contribution in [0.2, 0.25) is 0 Å². The Kier molecular flexibility index (Phi) is 6.26. The maximum absolute atomic E-state index is 12.2. The maximum atomic E-state index is 12.2. The summed E-state index contributed by atoms with van der Waals surface area (Å²) in [6, 6.07) is 14.2. The average Bonchev–Trinajstić information content (AvgIpc) is 2.59. The highest BCUT2D eigenvalue weighted by Crippen LogP contribution is 2.26. The quantitative estimate of drug-likeness (QED) is 0.805. The van der Waals surface area contributed by atoms with Crippen molar-refractivity contribution in [2.75, 3.05) is 29.5 Å². The monoisotopic (exact) mass is 376 g/mol. The molecule has 1 amide bonds. The standard InChI is InChI=1S/C19H24N2O4S/c1-14(2)17-10-5-6-11-18(17)25-13-19(22)20-15-8-7-9-16(12-15)21(3)26(4,23)24/h5-12,14H,13H2,1-4H3,(H,20,22). The molecule has 140 valence electrons. The molecule has 0 spiro atoms. The fourth-order valence-electron chi connectivity index (χ4n) is 2.40. The van der Waals surface area contributed by atoms with Crippen molar-refractivity contribution < 1.29 is 17.9 Å². The second-order valence-electron chi connectivity index (χ2n) is 6.31. The van der Waals surface area contributed by atoms with Gasteiger partial charge in [0, 0.05) is 12.7 Å². The van der Waals surface area contributed by atoms with Crippen molar-refractivity contribution >= 4 is 27.3 Å². The molecule has 0 aliphatic rings. The summed E-state index contributed by atoms with van der Waals surface area (Å²) < 4.78 is 30.1. The van der Waals surface area contributed by atoms with Crippen molar-refractivity contribution in [2.45, 2.75) is 19.8 Å². The SMILES string of the molecule is CC(C)c1ccccc1OCC(=O)Nc1cccc(N(C)S(C)(=O)=O)c1. The number of nitrogens with one attached hydrogen (secondary N) is 1. The smallest absolute Gasteiger partial charge is 0.262 e. The molecule has 6 nitrogen and oxygen atoms in total. The maximum Gasteiger partial charge on any atom is 0.262 e. The number of rotatable bonds is 7. The third-order valence-electron chi connectivity index (χ3n) is 3.89. The van der Waals surface area contributed by atoms with Gasteiger partial charge in [0.25, 0.3) is 5.91 Å². The number of amides is 1. The third kappa shape index (κ3) is 5.23. The number of ether oxygens (including phenoxy) is 1. The molecule has 0 aromatic heterocycles. The topological polar surface area (TPSA) is 75.7 Å². The van der Waals surface area contributed by atoms with Gasteiger partial charge < -0.3 is 10.1 Å². The highest BCUT2D eigenvalue weighted by Gasteiger charge is 2.13. The molecule has 7 heteroatoms. The summed E-state index contributed by atoms with van der Waals surface area (Å²) in [5.74, 6) is 0.656. The van der Waals surface area contributed by atoms with Gasteiger partial charge in [-0.05, 0) is 35.7 Å². The van der Waals surface area contributed by atoms with Gasteiger partial charge in [-0.25, -0.2) is 8.42 Å². The predicted molar refractivity (Wildman–Crippen MR) is 104 cm³/mol. The van der Waals surface area contributed by atoms with Crippen molar-refractivity contribution in [3.8, 4) is 5.75 Å². The summed E-state index contributed by atoms with van der Waals surface area (Å²) in [5, 5.41) is 2.72. The molecule has 0 fully saturated rings. The predicted octanol–water partition coefficient (Wildman–Crippen LogP) is 3.22. The number of carbonyl (C=O) groups excluding carboxylic acids is 1. The van der Waals surface area contributed by atoms with Gasteiger partial charge in [-0.2, -0.15) is 0 Å². The molecule has 2 rings (SSSR count). The van der Waals surface area contributed by atoms with E-state index in [2.05, 4.69) is 19.2 Å². The van der Waals surface area contributed by atoms with E-state index in [0.717, 1.165) is 16.1 Å². The Morgan fingerprint density at radius 1 is 1.15 bits per heavy atom. The van der Waals surface area contributed by atoms with E-state index in [0.29, 0.717) is 17.1 Å². The van der Waals surface area contributed by atoms with E-state index in [9.17, 15) is 13.2 Å². The molecule has 0 heterocycles. The highest BCUT2D eigenvalue weighted by atomic mass is 32.2. The summed E-state index contributed by atoms with van der Waals surface area (Å²) in [5.41, 5.74) is 2.01. The number of hydrogen-bond donors (Lipinski definition) is 1. The van der Waals surface area contributed by atoms with Crippen LogP contribution in [0.15, 0.2) is 48.5 Å². The normalized spacial score (nSPS) is 11.3. The van der Waals surface area contributed by atoms with E-state index in [-0.39, 0.29) is 18.4 Å². The Balaban J connectivity index is 2.03. The van der Waals surface area contributed by atoms with E-state index in [1.807, 2.05) is 24.3 Å². The van der Waals surface area contributed by atoms with Gasteiger partial charge in [0.1, 0.15) is 5.75 Å². The minimum atomic E-state index is -3.36. The fourth-order valence-corrected chi connectivity index (χ4v) is 2.90. The van der Waals surface area contributed by atoms with Crippen LogP contribution in [0.25, 0.3) is 0 Å². The highest BCUT2D eigenvalue weighted by molar-refractivity contribution is 7.92. The van der Waals surface area contributed by atoms with E-state index < -0.39 is 10.0 Å². The molecular weight excluding hydrogens is 352 g/mol. The van der Waals surface area contributed by atoms with Crippen LogP contribution in [0.1, 0.15) is 25.3 Å². The van der Waals surface area contributed by atoms with Crippen molar-refractivity contribution in [1.29, 1.82) is 0 Å². The number of benzene rings is 2. The first kappa shape index (κ1) is 19.8. The van der Waals surface area contributed by atoms with Crippen LogP contribution in [-0.4, -0.2) is 34.2 Å². The first-order chi connectivity index (χ1) is 12.2. The third-order valence-corrected chi connectivity index (χ3v) is 5.10. The lowest BCUT2D eigenvalue weighted by Gasteiger charge is -2.17. The van der Waals surface area contributed by atoms with Gasteiger partial charge >= 0.3 is 0 Å². The number of hydrogen-bond acceptors (Lipinski definition) is 4. The Bertz CT molecular complexity index is 879. The van der Waals surface area contributed by atoms with Crippen LogP contribution in [0.4, 0.5) is 11.4 Å². The number of carbonyl (C=O) groups is 1. The molecule has 0 atom stereocenters. The molecule has 0 unspecified atom stereocenters. The molecule has 1 N–H and O–H groups in total. The van der Waals surface area contributed by atoms with Crippen LogP contribution in [-0.2, 0) is 14.8 Å². The Morgan fingerprint density at radius 2 is 1.85 bits per heavy atom. The molecule has 0 saturated heterocycles. The molecule has 2 aromatic rings. The fraction of sp³-hybridized carbons (Fsp3) is 0.316. The minimum Gasteiger partial charge on any atom is -0.483 e. The van der Waals surface area contributed by atoms with Gasteiger partial charge in [0.15, 0.2) is 6.61 Å². The molecular formula is C19H24N2O4S. The summed E-state index contributed by atoms with van der Waals surface area (Å²) in [6.07, 6.45) is 1.12. The molecule has 0 aliphatic carbocycles. The largest absolute Gasteiger partial charge is 0.483 e. The zero-order valence-electron chi connectivity index (χ0n) is 15.4. The second kappa shape index (κ2) is 8.23. The van der Waals surface area contributed by atoms with Gasteiger partial charge in [-0.15, -0.1) is 0 Å². The number of anilines is 2. The van der Waals surface area contributed by atoms with Crippen molar-refractivity contribution in [2.24, 2.45) is 0 Å². The first-order valence-electron chi connectivity index (χ1n) is 8.24. The second-order valence-corrected chi connectivity index (χ2v) is 8.32. The lowest BCUT2D eigenvalue weighted by Crippen LogP contribution is -2.25. The van der Waals surface area contributed by atoms with Gasteiger partial charge in [0.05, 0.1) is 11.9 Å². The van der Waals surface area contributed by atoms with Crippen molar-refractivity contribution in [3.05, 3.63) is 54.1 Å². The van der Waals surface area contributed by atoms with E-state index in [1.54, 1.807) is 24.3 Å². The summed E-state index contributed by atoms with van der Waals surface area (Å²) in [4.78, 5) is 12.2. The molecule has 0 saturated carbocycles. The summed E-state index contributed by atoms with van der Waals surface area (Å²) in [7, 11) is -1.90. The Hall–Kier alpha value is -2.54. The molecule has 0 radical (unpaired) electrons. The Morgan fingerprint density at radius 3 is 2.50 bits per heavy atom. The van der Waals surface area contributed by atoms with Crippen LogP contribution in [0.3, 0.4) is 0 Å². The lowest BCUT2D eigenvalue weighted by atomic mass is 10.0. The molecule has 0 aliphatic heterocycles. The minimum absolute atomic E-state index is 0.129. The Labute approximate surface area is 154 Å². The average molecular weight is 376 g/mol. The summed E-state index contributed by atoms with van der Waals surface area (Å²) in [6.45, 7) is 3.99. The number of sulfonamides is 1. The van der Waals surface area contributed by atoms with E-state index >= 15 is 0 Å². The van der Waals surface area contributed by atoms with Gasteiger partial charge in [-0.3, -0.25) is 9.10 Å².